The second-order valence-corrected chi connectivity index (χ2v) is 7.10. The lowest BCUT2D eigenvalue weighted by Gasteiger charge is -2.33. The lowest BCUT2D eigenvalue weighted by atomic mass is 10.0. The van der Waals surface area contributed by atoms with Gasteiger partial charge in [-0.2, -0.15) is 0 Å². The molecule has 6 nitrogen and oxygen atoms in total. The van der Waals surface area contributed by atoms with Crippen molar-refractivity contribution >= 4 is 5.96 Å². The van der Waals surface area contributed by atoms with Gasteiger partial charge in [-0.1, -0.05) is 12.2 Å². The fourth-order valence-corrected chi connectivity index (χ4v) is 3.03. The van der Waals surface area contributed by atoms with Crippen LogP contribution in [0.2, 0.25) is 0 Å². The molecule has 1 atom stereocenters. The molecule has 1 saturated heterocycles. The van der Waals surface area contributed by atoms with Crippen LogP contribution in [0, 0.1) is 0 Å². The van der Waals surface area contributed by atoms with Crippen LogP contribution in [-0.2, 0) is 5.60 Å². The molecule has 1 aromatic heterocycles. The normalized spacial score (nSPS) is 19.4. The van der Waals surface area contributed by atoms with Crippen LogP contribution in [0.25, 0.3) is 0 Å². The SMILES string of the molecule is C=C(C)CN1CCC(NC(=NCC(C)(O)c2ccco2)NCC)CC1. The Morgan fingerprint density at radius 1 is 1.48 bits per heavy atom. The predicted molar refractivity (Wildman–Crippen MR) is 102 cm³/mol. The van der Waals surface area contributed by atoms with E-state index < -0.39 is 5.60 Å². The van der Waals surface area contributed by atoms with E-state index in [0.717, 1.165) is 45.0 Å². The fourth-order valence-electron chi connectivity index (χ4n) is 3.03. The molecule has 2 heterocycles. The molecule has 0 aliphatic carbocycles. The largest absolute Gasteiger partial charge is 0.466 e. The van der Waals surface area contributed by atoms with Crippen LogP contribution in [0.15, 0.2) is 40.0 Å². The van der Waals surface area contributed by atoms with E-state index in [4.69, 9.17) is 4.42 Å². The van der Waals surface area contributed by atoms with Crippen molar-refractivity contribution in [3.63, 3.8) is 0 Å². The van der Waals surface area contributed by atoms with Gasteiger partial charge in [-0.25, -0.2) is 4.99 Å². The first kappa shape index (κ1) is 19.5. The van der Waals surface area contributed by atoms with Gasteiger partial charge in [0.2, 0.25) is 0 Å². The van der Waals surface area contributed by atoms with Crippen molar-refractivity contribution in [3.05, 3.63) is 36.3 Å². The van der Waals surface area contributed by atoms with Gasteiger partial charge < -0.3 is 20.2 Å². The van der Waals surface area contributed by atoms with Crippen LogP contribution < -0.4 is 10.6 Å². The van der Waals surface area contributed by atoms with E-state index in [9.17, 15) is 5.11 Å². The molecule has 3 N–H and O–H groups in total. The number of guanidine groups is 1. The van der Waals surface area contributed by atoms with Crippen molar-refractivity contribution in [1.82, 2.24) is 15.5 Å². The van der Waals surface area contributed by atoms with Gasteiger partial charge in [0.25, 0.3) is 0 Å². The van der Waals surface area contributed by atoms with E-state index in [1.54, 1.807) is 25.3 Å². The number of aliphatic hydroxyl groups is 1. The third-order valence-corrected chi connectivity index (χ3v) is 4.36. The molecule has 0 spiro atoms. The van der Waals surface area contributed by atoms with Gasteiger partial charge in [0, 0.05) is 32.2 Å². The lowest BCUT2D eigenvalue weighted by Crippen LogP contribution is -2.49. The Morgan fingerprint density at radius 3 is 2.76 bits per heavy atom. The molecule has 25 heavy (non-hydrogen) atoms. The van der Waals surface area contributed by atoms with E-state index in [1.807, 2.05) is 6.92 Å². The summed E-state index contributed by atoms with van der Waals surface area (Å²) in [5.41, 5.74) is 0.0953. The van der Waals surface area contributed by atoms with Gasteiger partial charge in [0.05, 0.1) is 12.8 Å². The number of hydrogen-bond acceptors (Lipinski definition) is 4. The van der Waals surface area contributed by atoms with Crippen molar-refractivity contribution in [2.45, 2.75) is 45.3 Å². The summed E-state index contributed by atoms with van der Waals surface area (Å²) >= 11 is 0. The number of hydrogen-bond donors (Lipinski definition) is 3. The number of piperidine rings is 1. The van der Waals surface area contributed by atoms with Crippen LogP contribution in [-0.4, -0.2) is 54.7 Å². The number of aliphatic imine (C=N–C) groups is 1. The summed E-state index contributed by atoms with van der Waals surface area (Å²) in [6.45, 7) is 14.0. The summed E-state index contributed by atoms with van der Waals surface area (Å²) in [6.07, 6.45) is 3.72. The Morgan fingerprint density at radius 2 is 2.20 bits per heavy atom. The summed E-state index contributed by atoms with van der Waals surface area (Å²) in [5.74, 6) is 1.27. The average Bonchev–Trinajstić information content (AvgIpc) is 3.10. The zero-order valence-electron chi connectivity index (χ0n) is 15.7. The lowest BCUT2D eigenvalue weighted by molar-refractivity contribution is 0.0436. The molecule has 1 unspecified atom stereocenters. The summed E-state index contributed by atoms with van der Waals surface area (Å²) < 4.78 is 5.31. The van der Waals surface area contributed by atoms with Crippen LogP contribution in [0.3, 0.4) is 0 Å². The molecule has 1 fully saturated rings. The Balaban J connectivity index is 1.89. The summed E-state index contributed by atoms with van der Waals surface area (Å²) in [7, 11) is 0. The molecule has 0 bridgehead atoms. The minimum Gasteiger partial charge on any atom is -0.466 e. The van der Waals surface area contributed by atoms with Gasteiger partial charge >= 0.3 is 0 Å². The highest BCUT2D eigenvalue weighted by molar-refractivity contribution is 5.80. The maximum atomic E-state index is 10.5. The van der Waals surface area contributed by atoms with E-state index in [-0.39, 0.29) is 6.54 Å². The maximum Gasteiger partial charge on any atom is 0.191 e. The number of rotatable bonds is 7. The summed E-state index contributed by atoms with van der Waals surface area (Å²) in [6, 6.07) is 3.94. The van der Waals surface area contributed by atoms with E-state index in [2.05, 4.69) is 34.0 Å². The Labute approximate surface area is 151 Å². The Bertz CT molecular complexity index is 558. The predicted octanol–water partition coefficient (Wildman–Crippen LogP) is 2.08. The van der Waals surface area contributed by atoms with Gasteiger partial charge in [-0.05, 0) is 45.7 Å². The second-order valence-electron chi connectivity index (χ2n) is 7.10. The molecule has 2 rings (SSSR count). The standard InChI is InChI=1S/C19H32N4O2/c1-5-20-18(21-14-19(4,24)17-7-6-12-25-17)22-16-8-10-23(11-9-16)13-15(2)3/h6-7,12,16,24H,2,5,8-11,13-14H2,1,3-4H3,(H2,20,21,22). The maximum absolute atomic E-state index is 10.5. The van der Waals surface area contributed by atoms with Crippen LogP contribution >= 0.6 is 0 Å². The molecule has 1 aromatic rings. The molecule has 0 amide bonds. The average molecular weight is 348 g/mol. The van der Waals surface area contributed by atoms with Crippen molar-refractivity contribution in [3.8, 4) is 0 Å². The third-order valence-electron chi connectivity index (χ3n) is 4.36. The van der Waals surface area contributed by atoms with Crippen molar-refractivity contribution in [2.75, 3.05) is 32.7 Å². The smallest absolute Gasteiger partial charge is 0.191 e. The minimum atomic E-state index is -1.11. The molecule has 0 aromatic carbocycles. The number of furan rings is 1. The van der Waals surface area contributed by atoms with Gasteiger partial charge in [0.1, 0.15) is 11.4 Å². The summed E-state index contributed by atoms with van der Waals surface area (Å²) in [5, 5.41) is 17.3. The van der Waals surface area contributed by atoms with Gasteiger partial charge in [-0.3, -0.25) is 4.90 Å². The molecular weight excluding hydrogens is 316 g/mol. The van der Waals surface area contributed by atoms with Gasteiger partial charge in [-0.15, -0.1) is 0 Å². The number of likely N-dealkylation sites (tertiary alicyclic amines) is 1. The minimum absolute atomic E-state index is 0.240. The zero-order chi connectivity index (χ0) is 18.3. The first-order valence-corrected chi connectivity index (χ1v) is 9.08. The van der Waals surface area contributed by atoms with Crippen molar-refractivity contribution in [2.24, 2.45) is 4.99 Å². The van der Waals surface area contributed by atoms with Gasteiger partial charge in [0.15, 0.2) is 5.96 Å². The summed E-state index contributed by atoms with van der Waals surface area (Å²) in [4.78, 5) is 7.00. The van der Waals surface area contributed by atoms with E-state index in [0.29, 0.717) is 11.8 Å². The molecule has 1 aliphatic rings. The Kier molecular flexibility index (Phi) is 7.08. The highest BCUT2D eigenvalue weighted by atomic mass is 16.4. The quantitative estimate of drug-likeness (QED) is 0.400. The van der Waals surface area contributed by atoms with Crippen LogP contribution in [0.1, 0.15) is 39.4 Å². The zero-order valence-corrected chi connectivity index (χ0v) is 15.7. The van der Waals surface area contributed by atoms with Crippen LogP contribution in [0.4, 0.5) is 0 Å². The van der Waals surface area contributed by atoms with Crippen molar-refractivity contribution in [1.29, 1.82) is 0 Å². The van der Waals surface area contributed by atoms with Crippen LogP contribution in [0.5, 0.6) is 0 Å². The molecule has 1 aliphatic heterocycles. The molecule has 0 radical (unpaired) electrons. The monoisotopic (exact) mass is 348 g/mol. The van der Waals surface area contributed by atoms with Crippen molar-refractivity contribution < 1.29 is 9.52 Å². The first-order chi connectivity index (χ1) is 11.9. The number of nitrogens with zero attached hydrogens (tertiary/aromatic N) is 2. The molecule has 140 valence electrons. The molecular formula is C19H32N4O2. The topological polar surface area (TPSA) is 73.0 Å². The molecule has 6 heteroatoms. The third kappa shape index (κ3) is 6.21. The van der Waals surface area contributed by atoms with E-state index >= 15 is 0 Å². The molecule has 0 saturated carbocycles. The highest BCUT2D eigenvalue weighted by Crippen LogP contribution is 2.21. The second kappa shape index (κ2) is 9.06. The Hall–Kier alpha value is -1.79. The number of nitrogens with one attached hydrogen (secondary N) is 2. The van der Waals surface area contributed by atoms with E-state index in [1.165, 1.54) is 5.57 Å². The fraction of sp³-hybridized carbons (Fsp3) is 0.632. The first-order valence-electron chi connectivity index (χ1n) is 9.08. The highest BCUT2D eigenvalue weighted by Gasteiger charge is 2.26.